The molecule has 53 heavy (non-hydrogen) atoms. The Kier molecular flexibility index (Phi) is 8.09. The molecule has 1 saturated heterocycles. The topological polar surface area (TPSA) is 153 Å². The lowest BCUT2D eigenvalue weighted by molar-refractivity contribution is -0.384. The number of nitrogens with zero attached hydrogens (tertiary/aromatic N) is 2. The van der Waals surface area contributed by atoms with Crippen molar-refractivity contribution in [3.8, 4) is 17.2 Å². The third kappa shape index (κ3) is 4.94. The number of fused-ring (bicyclic) bond motifs is 4. The zero-order valence-electron chi connectivity index (χ0n) is 28.8. The number of imide groups is 1. The number of hydrogen-bond acceptors (Lipinski definition) is 9. The smallest absolute Gasteiger partial charge is 0.271 e. The number of ketones is 2. The van der Waals surface area contributed by atoms with Crippen LogP contribution in [0, 0.1) is 33.8 Å². The lowest BCUT2D eigenvalue weighted by Crippen LogP contribution is -2.58. The van der Waals surface area contributed by atoms with E-state index in [-0.39, 0.29) is 58.6 Å². The van der Waals surface area contributed by atoms with Crippen LogP contribution in [0.1, 0.15) is 35.4 Å². The third-order valence-electron chi connectivity index (χ3n) is 11.5. The molecule has 11 heteroatoms. The van der Waals surface area contributed by atoms with E-state index in [1.807, 2.05) is 42.5 Å². The van der Waals surface area contributed by atoms with Crippen LogP contribution in [0.5, 0.6) is 17.2 Å². The Balaban J connectivity index is 1.37. The first-order chi connectivity index (χ1) is 25.6. The van der Waals surface area contributed by atoms with Crippen LogP contribution in [0.25, 0.3) is 5.57 Å². The summed E-state index contributed by atoms with van der Waals surface area (Å²) in [4.78, 5) is 71.1. The number of methoxy groups -OCH3 is 2. The molecule has 4 aromatic rings. The maximum atomic E-state index is 15.2. The molecule has 2 amide bonds. The highest BCUT2D eigenvalue weighted by Gasteiger charge is 2.66. The van der Waals surface area contributed by atoms with Gasteiger partial charge in [-0.05, 0) is 59.7 Å². The zero-order valence-corrected chi connectivity index (χ0v) is 28.8. The standard InChI is InChI=1S/C42H34N2O9/c1-52-33-18-24(19-34(53-2)39(33)47)37-28-16-17-29-36(41(49)43(40(29)48)26-14-9-15-27(20-26)44(50)51)31(28)21-32-38(46)30(23-10-5-3-6-11-23)22-35(45)42(32,37)25-12-7-4-8-13-25/h3-16,18-20,22,29,31-32,36-37,47H,17,21H2,1-2H3/t29-,31+,32-,36-,37-,42-/m0/s1. The molecule has 1 aliphatic heterocycles. The van der Waals surface area contributed by atoms with Gasteiger partial charge in [-0.2, -0.15) is 0 Å². The van der Waals surface area contributed by atoms with E-state index >= 15 is 9.59 Å². The van der Waals surface area contributed by atoms with Crippen LogP contribution in [0.4, 0.5) is 11.4 Å². The van der Waals surface area contributed by atoms with Gasteiger partial charge in [0.2, 0.25) is 17.6 Å². The van der Waals surface area contributed by atoms with Crippen molar-refractivity contribution in [2.24, 2.45) is 23.7 Å². The first-order valence-electron chi connectivity index (χ1n) is 17.3. The molecule has 0 unspecified atom stereocenters. The molecule has 4 aromatic carbocycles. The highest BCUT2D eigenvalue weighted by molar-refractivity contribution is 6.32. The summed E-state index contributed by atoms with van der Waals surface area (Å²) in [5, 5.41) is 22.6. The van der Waals surface area contributed by atoms with Gasteiger partial charge in [-0.15, -0.1) is 0 Å². The average Bonchev–Trinajstić information content (AvgIpc) is 3.44. The number of allylic oxidation sites excluding steroid dienone is 4. The molecule has 1 heterocycles. The average molecular weight is 711 g/mol. The summed E-state index contributed by atoms with van der Waals surface area (Å²) in [7, 11) is 2.80. The zero-order chi connectivity index (χ0) is 37.2. The molecule has 2 fully saturated rings. The number of ether oxygens (including phenoxy) is 2. The van der Waals surface area contributed by atoms with E-state index in [2.05, 4.69) is 0 Å². The summed E-state index contributed by atoms with van der Waals surface area (Å²) in [5.74, 6) is -5.82. The Morgan fingerprint density at radius 2 is 1.49 bits per heavy atom. The Labute approximate surface area is 304 Å². The normalized spacial score (nSPS) is 26.2. The predicted octanol–water partition coefficient (Wildman–Crippen LogP) is 6.35. The summed E-state index contributed by atoms with van der Waals surface area (Å²) in [6.07, 6.45) is 3.60. The van der Waals surface area contributed by atoms with Crippen molar-refractivity contribution in [3.63, 3.8) is 0 Å². The highest BCUT2D eigenvalue weighted by Crippen LogP contribution is 2.64. The molecule has 0 radical (unpaired) electrons. The number of amides is 2. The minimum Gasteiger partial charge on any atom is -0.502 e. The number of carbonyl (C=O) groups excluding carboxylic acids is 4. The Hall–Kier alpha value is -6.36. The molecule has 6 atom stereocenters. The molecular formula is C42H34N2O9. The van der Waals surface area contributed by atoms with Gasteiger partial charge in [0.25, 0.3) is 5.69 Å². The molecule has 0 bridgehead atoms. The largest absolute Gasteiger partial charge is 0.502 e. The second kappa shape index (κ2) is 12.7. The van der Waals surface area contributed by atoms with Crippen LogP contribution >= 0.6 is 0 Å². The number of anilines is 1. The molecule has 4 aliphatic rings. The van der Waals surface area contributed by atoms with Crippen molar-refractivity contribution in [1.82, 2.24) is 0 Å². The molecule has 3 aliphatic carbocycles. The molecule has 8 rings (SSSR count). The van der Waals surface area contributed by atoms with E-state index in [0.717, 1.165) is 4.90 Å². The predicted molar refractivity (Wildman–Crippen MR) is 193 cm³/mol. The van der Waals surface area contributed by atoms with Gasteiger partial charge < -0.3 is 14.6 Å². The van der Waals surface area contributed by atoms with Gasteiger partial charge >= 0.3 is 0 Å². The first kappa shape index (κ1) is 33.8. The lowest BCUT2D eigenvalue weighted by Gasteiger charge is -2.55. The summed E-state index contributed by atoms with van der Waals surface area (Å²) in [5.41, 5.74) is 1.03. The number of rotatable bonds is 7. The fourth-order valence-electron chi connectivity index (χ4n) is 9.33. The van der Waals surface area contributed by atoms with Crippen LogP contribution in [-0.2, 0) is 24.6 Å². The number of non-ortho nitro benzene ring substituents is 1. The maximum absolute atomic E-state index is 15.2. The van der Waals surface area contributed by atoms with E-state index in [1.165, 1.54) is 44.6 Å². The van der Waals surface area contributed by atoms with E-state index in [9.17, 15) is 24.8 Å². The Morgan fingerprint density at radius 1 is 0.830 bits per heavy atom. The Bertz CT molecular complexity index is 2260. The second-order valence-corrected chi connectivity index (χ2v) is 13.9. The van der Waals surface area contributed by atoms with E-state index in [1.54, 1.807) is 36.4 Å². The van der Waals surface area contributed by atoms with Crippen molar-refractivity contribution in [3.05, 3.63) is 142 Å². The van der Waals surface area contributed by atoms with Gasteiger partial charge in [0.15, 0.2) is 23.1 Å². The number of hydrogen-bond donors (Lipinski definition) is 1. The summed E-state index contributed by atoms with van der Waals surface area (Å²) < 4.78 is 11.2. The summed E-state index contributed by atoms with van der Waals surface area (Å²) in [6, 6.07) is 26.8. The number of phenols is 1. The summed E-state index contributed by atoms with van der Waals surface area (Å²) >= 11 is 0. The van der Waals surface area contributed by atoms with Crippen LogP contribution in [-0.4, -0.2) is 47.6 Å². The fourth-order valence-corrected chi connectivity index (χ4v) is 9.33. The van der Waals surface area contributed by atoms with Crippen LogP contribution in [0.2, 0.25) is 0 Å². The van der Waals surface area contributed by atoms with Crippen molar-refractivity contribution >= 4 is 40.3 Å². The van der Waals surface area contributed by atoms with Crippen LogP contribution in [0.3, 0.4) is 0 Å². The molecule has 0 aromatic heterocycles. The van der Waals surface area contributed by atoms with Crippen molar-refractivity contribution < 1.29 is 38.7 Å². The molecule has 11 nitrogen and oxygen atoms in total. The number of nitro benzene ring substituents is 1. The van der Waals surface area contributed by atoms with Crippen molar-refractivity contribution in [2.45, 2.75) is 24.2 Å². The van der Waals surface area contributed by atoms with E-state index < -0.39 is 51.7 Å². The molecule has 1 saturated carbocycles. The van der Waals surface area contributed by atoms with E-state index in [0.29, 0.717) is 22.3 Å². The van der Waals surface area contributed by atoms with Gasteiger partial charge in [-0.1, -0.05) is 78.4 Å². The van der Waals surface area contributed by atoms with Gasteiger partial charge in [-0.3, -0.25) is 29.3 Å². The maximum Gasteiger partial charge on any atom is 0.271 e. The van der Waals surface area contributed by atoms with Gasteiger partial charge in [0.05, 0.1) is 42.1 Å². The first-order valence-corrected chi connectivity index (χ1v) is 17.3. The minimum atomic E-state index is -1.50. The minimum absolute atomic E-state index is 0.0846. The van der Waals surface area contributed by atoms with Gasteiger partial charge in [-0.25, -0.2) is 4.90 Å². The monoisotopic (exact) mass is 710 g/mol. The number of benzene rings is 4. The van der Waals surface area contributed by atoms with Crippen LogP contribution < -0.4 is 14.4 Å². The van der Waals surface area contributed by atoms with Gasteiger partial charge in [0.1, 0.15) is 0 Å². The van der Waals surface area contributed by atoms with E-state index in [4.69, 9.17) is 9.47 Å². The van der Waals surface area contributed by atoms with Crippen LogP contribution in [0.15, 0.2) is 115 Å². The molecular weight excluding hydrogens is 676 g/mol. The van der Waals surface area contributed by atoms with Gasteiger partial charge in [0, 0.05) is 29.5 Å². The molecule has 266 valence electrons. The van der Waals surface area contributed by atoms with Crippen molar-refractivity contribution in [2.75, 3.05) is 19.1 Å². The second-order valence-electron chi connectivity index (χ2n) is 13.9. The quantitative estimate of drug-likeness (QED) is 0.100. The lowest BCUT2D eigenvalue weighted by atomic mass is 9.44. The number of nitro groups is 1. The molecule has 1 N–H and O–H groups in total. The number of carbonyl (C=O) groups is 4. The Morgan fingerprint density at radius 3 is 2.13 bits per heavy atom. The summed E-state index contributed by atoms with van der Waals surface area (Å²) in [6.45, 7) is 0. The number of Topliss-reactive ketones (excluding diaryl/α,β-unsaturated/α-hetero) is 1. The third-order valence-corrected chi connectivity index (χ3v) is 11.5. The number of phenolic OH excluding ortho intramolecular Hbond substituents is 1. The van der Waals surface area contributed by atoms with Crippen molar-refractivity contribution in [1.29, 1.82) is 0 Å². The number of aromatic hydroxyl groups is 1. The SMILES string of the molecule is COc1cc([C@H]2C3=CC[C@@H]4C(=O)N(c5cccc([N+](=O)[O-])c5)C(=O)[C@@H]4[C@@H]3C[C@H]3C(=O)C(c4ccccc4)=CC(=O)[C@@]23c2ccccc2)cc(OC)c1O. The fraction of sp³-hybridized carbons (Fsp3) is 0.238. The highest BCUT2D eigenvalue weighted by atomic mass is 16.6. The molecule has 0 spiro atoms.